The largest absolute Gasteiger partial charge is 0.497 e. The van der Waals surface area contributed by atoms with Crippen LogP contribution in [0.15, 0.2) is 77.7 Å². The molecule has 156 valence electrons. The van der Waals surface area contributed by atoms with E-state index in [-0.39, 0.29) is 17.2 Å². The van der Waals surface area contributed by atoms with Crippen molar-refractivity contribution in [3.05, 3.63) is 78.4 Å². The fourth-order valence-electron chi connectivity index (χ4n) is 2.79. The molecule has 3 rings (SSSR count). The molecule has 1 amide bonds. The van der Waals surface area contributed by atoms with Gasteiger partial charge in [-0.25, -0.2) is 8.42 Å². The number of carbonyl (C=O) groups is 1. The summed E-state index contributed by atoms with van der Waals surface area (Å²) in [6.45, 7) is 0. The van der Waals surface area contributed by atoms with Gasteiger partial charge < -0.3 is 14.8 Å². The highest BCUT2D eigenvalue weighted by Gasteiger charge is 2.15. The molecule has 0 saturated heterocycles. The van der Waals surface area contributed by atoms with Gasteiger partial charge in [-0.3, -0.25) is 9.52 Å². The van der Waals surface area contributed by atoms with Crippen LogP contribution in [0.25, 0.3) is 0 Å². The van der Waals surface area contributed by atoms with Crippen LogP contribution in [0.1, 0.15) is 5.56 Å². The minimum atomic E-state index is -3.82. The molecule has 8 heteroatoms. The number of nitrogens with one attached hydrogen (secondary N) is 2. The monoisotopic (exact) mass is 426 g/mol. The highest BCUT2D eigenvalue weighted by Crippen LogP contribution is 2.21. The van der Waals surface area contributed by atoms with Gasteiger partial charge in [0.1, 0.15) is 11.5 Å². The molecule has 0 aliphatic rings. The van der Waals surface area contributed by atoms with E-state index in [1.54, 1.807) is 61.7 Å². The number of rotatable bonds is 8. The summed E-state index contributed by atoms with van der Waals surface area (Å²) in [6.07, 6.45) is 0.137. The number of carbonyl (C=O) groups excluding carboxylic acids is 1. The molecule has 30 heavy (non-hydrogen) atoms. The summed E-state index contributed by atoms with van der Waals surface area (Å²) in [5.74, 6) is 1.03. The molecular formula is C22H22N2O5S. The third kappa shape index (κ3) is 5.51. The number of sulfonamides is 1. The lowest BCUT2D eigenvalue weighted by atomic mass is 10.1. The Labute approximate surface area is 175 Å². The van der Waals surface area contributed by atoms with E-state index in [9.17, 15) is 13.2 Å². The lowest BCUT2D eigenvalue weighted by Gasteiger charge is -2.11. The SMILES string of the molecule is COc1ccc(NS(=O)(=O)c2cccc(NC(=O)Cc3cccc(OC)c3)c2)cc1. The molecule has 7 nitrogen and oxygen atoms in total. The van der Waals surface area contributed by atoms with E-state index in [0.717, 1.165) is 5.56 Å². The predicted octanol–water partition coefficient (Wildman–Crippen LogP) is 3.69. The highest BCUT2D eigenvalue weighted by molar-refractivity contribution is 7.92. The van der Waals surface area contributed by atoms with E-state index in [1.165, 1.54) is 19.2 Å². The average Bonchev–Trinajstić information content (AvgIpc) is 2.74. The molecule has 0 spiro atoms. The number of hydrogen-bond acceptors (Lipinski definition) is 5. The smallest absolute Gasteiger partial charge is 0.261 e. The fourth-order valence-corrected chi connectivity index (χ4v) is 3.89. The molecule has 2 N–H and O–H groups in total. The van der Waals surface area contributed by atoms with Crippen LogP contribution in [-0.4, -0.2) is 28.5 Å². The molecule has 0 bridgehead atoms. The van der Waals surface area contributed by atoms with Gasteiger partial charge in [-0.15, -0.1) is 0 Å². The zero-order valence-electron chi connectivity index (χ0n) is 16.6. The molecule has 0 heterocycles. The van der Waals surface area contributed by atoms with E-state index in [1.807, 2.05) is 6.07 Å². The molecule has 0 saturated carbocycles. The molecule has 0 atom stereocenters. The first kappa shape index (κ1) is 21.2. The number of methoxy groups -OCH3 is 2. The van der Waals surface area contributed by atoms with Crippen molar-refractivity contribution in [3.8, 4) is 11.5 Å². The Morgan fingerprint density at radius 1 is 0.833 bits per heavy atom. The lowest BCUT2D eigenvalue weighted by molar-refractivity contribution is -0.115. The second-order valence-corrected chi connectivity index (χ2v) is 8.12. The van der Waals surface area contributed by atoms with Crippen molar-refractivity contribution in [2.75, 3.05) is 24.3 Å². The Balaban J connectivity index is 1.70. The summed E-state index contributed by atoms with van der Waals surface area (Å²) in [7, 11) is -0.722. The maximum atomic E-state index is 12.7. The second-order valence-electron chi connectivity index (χ2n) is 6.44. The summed E-state index contributed by atoms with van der Waals surface area (Å²) < 4.78 is 38.1. The molecule has 0 aliphatic heterocycles. The van der Waals surface area contributed by atoms with Crippen molar-refractivity contribution < 1.29 is 22.7 Å². The number of anilines is 2. The molecule has 0 radical (unpaired) electrons. The lowest BCUT2D eigenvalue weighted by Crippen LogP contribution is -2.16. The normalized spacial score (nSPS) is 10.9. The van der Waals surface area contributed by atoms with E-state index < -0.39 is 10.0 Å². The van der Waals surface area contributed by atoms with E-state index in [4.69, 9.17) is 9.47 Å². The number of hydrogen-bond donors (Lipinski definition) is 2. The topological polar surface area (TPSA) is 93.7 Å². The van der Waals surface area contributed by atoms with Crippen LogP contribution in [-0.2, 0) is 21.2 Å². The van der Waals surface area contributed by atoms with Crippen molar-refractivity contribution in [3.63, 3.8) is 0 Å². The van der Waals surface area contributed by atoms with E-state index in [0.29, 0.717) is 22.9 Å². The van der Waals surface area contributed by atoms with Gasteiger partial charge in [-0.1, -0.05) is 18.2 Å². The molecule has 0 aliphatic carbocycles. The summed E-state index contributed by atoms with van der Waals surface area (Å²) in [4.78, 5) is 12.4. The van der Waals surface area contributed by atoms with Crippen molar-refractivity contribution in [2.45, 2.75) is 11.3 Å². The summed E-state index contributed by atoms with van der Waals surface area (Å²) in [6, 6.07) is 19.8. The first-order valence-electron chi connectivity index (χ1n) is 9.09. The van der Waals surface area contributed by atoms with Gasteiger partial charge in [0, 0.05) is 11.4 Å². The van der Waals surface area contributed by atoms with Crippen LogP contribution in [0.2, 0.25) is 0 Å². The van der Waals surface area contributed by atoms with Crippen molar-refractivity contribution in [1.29, 1.82) is 0 Å². The third-order valence-corrected chi connectivity index (χ3v) is 5.65. The van der Waals surface area contributed by atoms with Gasteiger partial charge >= 0.3 is 0 Å². The molecule has 0 unspecified atom stereocenters. The molecular weight excluding hydrogens is 404 g/mol. The Hall–Kier alpha value is -3.52. The maximum Gasteiger partial charge on any atom is 0.261 e. The molecule has 0 fully saturated rings. The minimum Gasteiger partial charge on any atom is -0.497 e. The van der Waals surface area contributed by atoms with Crippen LogP contribution in [0.3, 0.4) is 0 Å². The first-order valence-corrected chi connectivity index (χ1v) is 10.6. The van der Waals surface area contributed by atoms with Gasteiger partial charge in [0.2, 0.25) is 5.91 Å². The quantitative estimate of drug-likeness (QED) is 0.573. The van der Waals surface area contributed by atoms with Crippen LogP contribution in [0.5, 0.6) is 11.5 Å². The van der Waals surface area contributed by atoms with E-state index >= 15 is 0 Å². The summed E-state index contributed by atoms with van der Waals surface area (Å²) in [5, 5.41) is 2.73. The predicted molar refractivity (Wildman–Crippen MR) is 116 cm³/mol. The number of ether oxygens (including phenoxy) is 2. The van der Waals surface area contributed by atoms with Crippen molar-refractivity contribution >= 4 is 27.3 Å². The Morgan fingerprint density at radius 2 is 1.53 bits per heavy atom. The van der Waals surface area contributed by atoms with Crippen molar-refractivity contribution in [1.82, 2.24) is 0 Å². The summed E-state index contributed by atoms with van der Waals surface area (Å²) >= 11 is 0. The zero-order valence-corrected chi connectivity index (χ0v) is 17.4. The maximum absolute atomic E-state index is 12.7. The Bertz CT molecular complexity index is 1130. The molecule has 3 aromatic carbocycles. The van der Waals surface area contributed by atoms with Gasteiger partial charge in [0.25, 0.3) is 10.0 Å². The van der Waals surface area contributed by atoms with Gasteiger partial charge in [0.15, 0.2) is 0 Å². The van der Waals surface area contributed by atoms with Gasteiger partial charge in [-0.05, 0) is 60.2 Å². The standard InChI is InChI=1S/C22H22N2O5S/c1-28-19-11-9-17(10-12-19)24-30(26,27)21-8-4-6-18(15-21)23-22(25)14-16-5-3-7-20(13-16)29-2/h3-13,15,24H,14H2,1-2H3,(H,23,25). The number of benzene rings is 3. The van der Waals surface area contributed by atoms with E-state index in [2.05, 4.69) is 10.0 Å². The first-order chi connectivity index (χ1) is 14.4. The number of amides is 1. The fraction of sp³-hybridized carbons (Fsp3) is 0.136. The third-order valence-electron chi connectivity index (χ3n) is 4.27. The Morgan fingerprint density at radius 3 is 2.23 bits per heavy atom. The molecule has 0 aromatic heterocycles. The van der Waals surface area contributed by atoms with Crippen LogP contribution < -0.4 is 19.5 Å². The van der Waals surface area contributed by atoms with Crippen LogP contribution in [0.4, 0.5) is 11.4 Å². The summed E-state index contributed by atoms with van der Waals surface area (Å²) in [5.41, 5.74) is 1.58. The van der Waals surface area contributed by atoms with Gasteiger partial charge in [0.05, 0.1) is 25.5 Å². The Kier molecular flexibility index (Phi) is 6.58. The van der Waals surface area contributed by atoms with Crippen molar-refractivity contribution in [2.24, 2.45) is 0 Å². The average molecular weight is 426 g/mol. The zero-order chi connectivity index (χ0) is 21.6. The van der Waals surface area contributed by atoms with Crippen LogP contribution >= 0.6 is 0 Å². The highest BCUT2D eigenvalue weighted by atomic mass is 32.2. The van der Waals surface area contributed by atoms with Crippen LogP contribution in [0, 0.1) is 0 Å². The second kappa shape index (κ2) is 9.32. The van der Waals surface area contributed by atoms with Gasteiger partial charge in [-0.2, -0.15) is 0 Å². The molecule has 3 aromatic rings. The minimum absolute atomic E-state index is 0.0394.